The Labute approximate surface area is 113 Å². The molecule has 0 aromatic carbocycles. The number of hydrogen-bond acceptors (Lipinski definition) is 2. The van der Waals surface area contributed by atoms with Crippen LogP contribution in [0.15, 0.2) is 0 Å². The molecule has 18 heavy (non-hydrogen) atoms. The first kappa shape index (κ1) is 15.7. The van der Waals surface area contributed by atoms with Crippen LogP contribution < -0.4 is 5.73 Å². The molecular formula is C16H31NO. The largest absolute Gasteiger partial charge is 0.322 e. The van der Waals surface area contributed by atoms with E-state index in [0.717, 1.165) is 24.7 Å². The summed E-state index contributed by atoms with van der Waals surface area (Å²) in [6, 6.07) is -0.231. The fraction of sp³-hybridized carbons (Fsp3) is 0.938. The number of unbranched alkanes of at least 4 members (excludes halogenated alkanes) is 1. The van der Waals surface area contributed by atoms with Crippen molar-refractivity contribution < 1.29 is 4.79 Å². The molecule has 2 N–H and O–H groups in total. The highest BCUT2D eigenvalue weighted by Gasteiger charge is 2.14. The highest BCUT2D eigenvalue weighted by atomic mass is 16.1. The zero-order chi connectivity index (χ0) is 13.4. The Morgan fingerprint density at radius 3 is 2.44 bits per heavy atom. The van der Waals surface area contributed by atoms with Crippen LogP contribution in [0, 0.1) is 11.8 Å². The van der Waals surface area contributed by atoms with Crippen molar-refractivity contribution in [3.05, 3.63) is 0 Å². The Hall–Kier alpha value is -0.370. The second-order valence-corrected chi connectivity index (χ2v) is 6.33. The number of Topliss-reactive ketones (excluding diaryl/α,β-unsaturated/α-hetero) is 1. The van der Waals surface area contributed by atoms with Gasteiger partial charge in [0.25, 0.3) is 0 Å². The molecule has 1 aliphatic rings. The fourth-order valence-electron chi connectivity index (χ4n) is 3.04. The van der Waals surface area contributed by atoms with E-state index in [-0.39, 0.29) is 11.8 Å². The zero-order valence-electron chi connectivity index (χ0n) is 12.3. The molecule has 0 heterocycles. The van der Waals surface area contributed by atoms with E-state index in [9.17, 15) is 4.79 Å². The van der Waals surface area contributed by atoms with E-state index in [0.29, 0.717) is 0 Å². The van der Waals surface area contributed by atoms with Gasteiger partial charge in [0, 0.05) is 0 Å². The number of carbonyl (C=O) groups excluding carboxylic acids is 1. The number of nitrogens with two attached hydrogens (primary N) is 1. The molecule has 0 aromatic rings. The Kier molecular flexibility index (Phi) is 7.57. The Morgan fingerprint density at radius 2 is 1.83 bits per heavy atom. The second kappa shape index (κ2) is 8.68. The third-order valence-corrected chi connectivity index (χ3v) is 4.53. The van der Waals surface area contributed by atoms with Gasteiger partial charge in [-0.05, 0) is 31.6 Å². The first-order chi connectivity index (χ1) is 8.59. The van der Waals surface area contributed by atoms with E-state index in [1.165, 1.54) is 51.4 Å². The van der Waals surface area contributed by atoms with Crippen LogP contribution in [0.1, 0.15) is 78.1 Å². The van der Waals surface area contributed by atoms with Gasteiger partial charge in [0.05, 0.1) is 6.04 Å². The molecule has 0 radical (unpaired) electrons. The molecular weight excluding hydrogens is 222 g/mol. The average Bonchev–Trinajstić information content (AvgIpc) is 2.84. The van der Waals surface area contributed by atoms with E-state index >= 15 is 0 Å². The van der Waals surface area contributed by atoms with Gasteiger partial charge in [-0.15, -0.1) is 0 Å². The summed E-state index contributed by atoms with van der Waals surface area (Å²) >= 11 is 0. The van der Waals surface area contributed by atoms with Crippen LogP contribution in [-0.2, 0) is 4.79 Å². The van der Waals surface area contributed by atoms with Crippen LogP contribution in [0.25, 0.3) is 0 Å². The molecule has 0 spiro atoms. The summed E-state index contributed by atoms with van der Waals surface area (Å²) in [5.74, 6) is 1.88. The van der Waals surface area contributed by atoms with Gasteiger partial charge in [-0.2, -0.15) is 0 Å². The number of carbonyl (C=O) groups is 1. The van der Waals surface area contributed by atoms with Crippen molar-refractivity contribution in [1.29, 1.82) is 0 Å². The molecule has 2 atom stereocenters. The predicted octanol–water partition coefficient (Wildman–Crippen LogP) is 4.07. The van der Waals surface area contributed by atoms with E-state index in [2.05, 4.69) is 6.92 Å². The highest BCUT2D eigenvalue weighted by Crippen LogP contribution is 2.29. The number of rotatable bonds is 9. The van der Waals surface area contributed by atoms with Crippen molar-refractivity contribution in [3.8, 4) is 0 Å². The topological polar surface area (TPSA) is 43.1 Å². The summed E-state index contributed by atoms with van der Waals surface area (Å²) in [4.78, 5) is 11.0. The van der Waals surface area contributed by atoms with Crippen LogP contribution in [0.4, 0.5) is 0 Å². The van der Waals surface area contributed by atoms with Gasteiger partial charge in [0.1, 0.15) is 5.78 Å². The lowest BCUT2D eigenvalue weighted by molar-refractivity contribution is -0.118. The zero-order valence-corrected chi connectivity index (χ0v) is 12.3. The standard InChI is InChI=1S/C16H31NO/c1-13(11-12-16(17)14(2)18)7-3-4-8-15-9-5-6-10-15/h13,15-16H,3-12,17H2,1-2H3. The van der Waals surface area contributed by atoms with Crippen LogP contribution in [-0.4, -0.2) is 11.8 Å². The number of hydrogen-bond donors (Lipinski definition) is 1. The molecule has 2 unspecified atom stereocenters. The van der Waals surface area contributed by atoms with Crippen molar-refractivity contribution in [2.45, 2.75) is 84.1 Å². The van der Waals surface area contributed by atoms with Crippen molar-refractivity contribution in [2.75, 3.05) is 0 Å². The lowest BCUT2D eigenvalue weighted by atomic mass is 9.93. The maximum Gasteiger partial charge on any atom is 0.146 e. The normalized spacial score (nSPS) is 19.9. The molecule has 0 aliphatic heterocycles. The van der Waals surface area contributed by atoms with Gasteiger partial charge >= 0.3 is 0 Å². The molecule has 1 saturated carbocycles. The maximum absolute atomic E-state index is 11.0. The summed E-state index contributed by atoms with van der Waals surface area (Å²) in [6.07, 6.45) is 13.3. The molecule has 0 amide bonds. The van der Waals surface area contributed by atoms with E-state index < -0.39 is 0 Å². The van der Waals surface area contributed by atoms with Crippen molar-refractivity contribution in [2.24, 2.45) is 17.6 Å². The van der Waals surface area contributed by atoms with Crippen LogP contribution >= 0.6 is 0 Å². The van der Waals surface area contributed by atoms with E-state index in [4.69, 9.17) is 5.73 Å². The van der Waals surface area contributed by atoms with Crippen molar-refractivity contribution in [1.82, 2.24) is 0 Å². The minimum atomic E-state index is -0.231. The molecule has 0 bridgehead atoms. The molecule has 2 nitrogen and oxygen atoms in total. The second-order valence-electron chi connectivity index (χ2n) is 6.33. The monoisotopic (exact) mass is 253 g/mol. The number of ketones is 1. The third-order valence-electron chi connectivity index (χ3n) is 4.53. The molecule has 1 rings (SSSR count). The SMILES string of the molecule is CC(=O)C(N)CCC(C)CCCCC1CCCC1. The first-order valence-corrected chi connectivity index (χ1v) is 7.85. The van der Waals surface area contributed by atoms with Crippen molar-refractivity contribution in [3.63, 3.8) is 0 Å². The van der Waals surface area contributed by atoms with Gasteiger partial charge in [0.2, 0.25) is 0 Å². The quantitative estimate of drug-likeness (QED) is 0.629. The molecule has 1 aliphatic carbocycles. The van der Waals surface area contributed by atoms with E-state index in [1.54, 1.807) is 6.92 Å². The summed E-state index contributed by atoms with van der Waals surface area (Å²) in [5, 5.41) is 0. The minimum Gasteiger partial charge on any atom is -0.322 e. The van der Waals surface area contributed by atoms with Gasteiger partial charge in [-0.1, -0.05) is 58.3 Å². The van der Waals surface area contributed by atoms with Gasteiger partial charge in [0.15, 0.2) is 0 Å². The van der Waals surface area contributed by atoms with E-state index in [1.807, 2.05) is 0 Å². The minimum absolute atomic E-state index is 0.128. The third kappa shape index (κ3) is 6.53. The first-order valence-electron chi connectivity index (χ1n) is 7.85. The van der Waals surface area contributed by atoms with Crippen LogP contribution in [0.3, 0.4) is 0 Å². The molecule has 0 aromatic heterocycles. The predicted molar refractivity (Wildman–Crippen MR) is 77.5 cm³/mol. The maximum atomic E-state index is 11.0. The van der Waals surface area contributed by atoms with Crippen molar-refractivity contribution >= 4 is 5.78 Å². The smallest absolute Gasteiger partial charge is 0.146 e. The highest BCUT2D eigenvalue weighted by molar-refractivity contribution is 5.81. The molecule has 0 saturated heterocycles. The van der Waals surface area contributed by atoms with Gasteiger partial charge in [-0.25, -0.2) is 0 Å². The summed E-state index contributed by atoms with van der Waals surface area (Å²) in [5.41, 5.74) is 5.75. The van der Waals surface area contributed by atoms with Gasteiger partial charge in [-0.3, -0.25) is 4.79 Å². The average molecular weight is 253 g/mol. The Balaban J connectivity index is 1.95. The fourth-order valence-corrected chi connectivity index (χ4v) is 3.04. The lowest BCUT2D eigenvalue weighted by Gasteiger charge is -2.14. The van der Waals surface area contributed by atoms with Crippen LogP contribution in [0.5, 0.6) is 0 Å². The molecule has 2 heteroatoms. The Bertz CT molecular complexity index is 233. The Morgan fingerprint density at radius 1 is 1.17 bits per heavy atom. The van der Waals surface area contributed by atoms with Crippen LogP contribution in [0.2, 0.25) is 0 Å². The molecule has 106 valence electrons. The lowest BCUT2D eigenvalue weighted by Crippen LogP contribution is -2.28. The van der Waals surface area contributed by atoms with Gasteiger partial charge < -0.3 is 5.73 Å². The summed E-state index contributed by atoms with van der Waals surface area (Å²) in [7, 11) is 0. The summed E-state index contributed by atoms with van der Waals surface area (Å²) in [6.45, 7) is 3.89. The molecule has 1 fully saturated rings. The summed E-state index contributed by atoms with van der Waals surface area (Å²) < 4.78 is 0.